The van der Waals surface area contributed by atoms with Crippen molar-refractivity contribution in [1.29, 1.82) is 0 Å². The number of carbonyl (C=O) groups is 2. The predicted molar refractivity (Wildman–Crippen MR) is 127 cm³/mol. The van der Waals surface area contributed by atoms with Gasteiger partial charge < -0.3 is 15.1 Å². The fraction of sp³-hybridized carbons (Fsp3) is 0.200. The highest BCUT2D eigenvalue weighted by Gasteiger charge is 2.21. The smallest absolute Gasteiger partial charge is 0.256 e. The van der Waals surface area contributed by atoms with Crippen LogP contribution in [0.2, 0.25) is 0 Å². The van der Waals surface area contributed by atoms with E-state index in [1.807, 2.05) is 47.4 Å². The molecule has 4 rings (SSSR count). The zero-order chi connectivity index (χ0) is 22.5. The lowest BCUT2D eigenvalue weighted by Gasteiger charge is -2.36. The maximum Gasteiger partial charge on any atom is 0.256 e. The van der Waals surface area contributed by atoms with Crippen molar-refractivity contribution in [3.05, 3.63) is 94.2 Å². The number of amides is 2. The number of benzene rings is 3. The SMILES string of the molecule is O=C(Nc1ccc(N2CCN(C(=O)Cc3ccc(F)cc3)CC2)cc1)c1ccccc1Br. The predicted octanol–water partition coefficient (Wildman–Crippen LogP) is 4.73. The minimum atomic E-state index is -0.298. The molecule has 0 unspecified atom stereocenters. The number of nitrogens with zero attached hydrogens (tertiary/aromatic N) is 2. The number of halogens is 2. The molecule has 0 atom stereocenters. The van der Waals surface area contributed by atoms with Gasteiger partial charge in [-0.1, -0.05) is 24.3 Å². The highest BCUT2D eigenvalue weighted by Crippen LogP contribution is 2.22. The monoisotopic (exact) mass is 495 g/mol. The molecule has 3 aromatic rings. The molecular formula is C25H23BrFN3O2. The Morgan fingerprint density at radius 3 is 2.19 bits per heavy atom. The maximum absolute atomic E-state index is 13.0. The molecule has 0 aliphatic carbocycles. The standard InChI is InChI=1S/C25H23BrFN3O2/c26-23-4-2-1-3-22(23)25(32)28-20-9-11-21(12-10-20)29-13-15-30(16-14-29)24(31)17-18-5-7-19(27)8-6-18/h1-12H,13-17H2,(H,28,32). The lowest BCUT2D eigenvalue weighted by atomic mass is 10.1. The number of nitrogens with one attached hydrogen (secondary N) is 1. The van der Waals surface area contributed by atoms with Gasteiger partial charge in [0, 0.05) is 42.0 Å². The van der Waals surface area contributed by atoms with Gasteiger partial charge in [-0.3, -0.25) is 9.59 Å². The molecule has 0 bridgehead atoms. The molecule has 1 fully saturated rings. The van der Waals surface area contributed by atoms with Gasteiger partial charge in [0.15, 0.2) is 0 Å². The van der Waals surface area contributed by atoms with Crippen LogP contribution in [0.5, 0.6) is 0 Å². The van der Waals surface area contributed by atoms with Crippen molar-refractivity contribution in [2.24, 2.45) is 0 Å². The summed E-state index contributed by atoms with van der Waals surface area (Å²) in [6, 6.07) is 21.1. The molecule has 2 amide bonds. The molecule has 1 aliphatic heterocycles. The molecule has 0 saturated carbocycles. The first-order valence-corrected chi connectivity index (χ1v) is 11.2. The van der Waals surface area contributed by atoms with Crippen molar-refractivity contribution in [2.75, 3.05) is 36.4 Å². The van der Waals surface area contributed by atoms with E-state index in [0.29, 0.717) is 18.7 Å². The fourth-order valence-corrected chi connectivity index (χ4v) is 4.17. The summed E-state index contributed by atoms with van der Waals surface area (Å²) in [6.45, 7) is 2.75. The van der Waals surface area contributed by atoms with Crippen molar-refractivity contribution >= 4 is 39.1 Å². The van der Waals surface area contributed by atoms with Crippen LogP contribution in [0.15, 0.2) is 77.3 Å². The number of hydrogen-bond donors (Lipinski definition) is 1. The van der Waals surface area contributed by atoms with Crippen LogP contribution >= 0.6 is 15.9 Å². The number of piperazine rings is 1. The Morgan fingerprint density at radius 1 is 0.875 bits per heavy atom. The Kier molecular flexibility index (Phi) is 6.85. The number of carbonyl (C=O) groups excluding carboxylic acids is 2. The molecule has 5 nitrogen and oxygen atoms in total. The van der Waals surface area contributed by atoms with E-state index in [1.54, 1.807) is 18.2 Å². The Balaban J connectivity index is 1.30. The van der Waals surface area contributed by atoms with Crippen LogP contribution < -0.4 is 10.2 Å². The van der Waals surface area contributed by atoms with Gasteiger partial charge in [-0.25, -0.2) is 4.39 Å². The third-order valence-electron chi connectivity index (χ3n) is 5.51. The van der Waals surface area contributed by atoms with E-state index in [2.05, 4.69) is 26.1 Å². The second-order valence-electron chi connectivity index (χ2n) is 7.65. The third kappa shape index (κ3) is 5.34. The average molecular weight is 496 g/mol. The van der Waals surface area contributed by atoms with E-state index in [4.69, 9.17) is 0 Å². The molecule has 7 heteroatoms. The fourth-order valence-electron chi connectivity index (χ4n) is 3.70. The average Bonchev–Trinajstić information content (AvgIpc) is 2.81. The summed E-state index contributed by atoms with van der Waals surface area (Å²) in [4.78, 5) is 29.1. The van der Waals surface area contributed by atoms with E-state index in [1.165, 1.54) is 12.1 Å². The third-order valence-corrected chi connectivity index (χ3v) is 6.20. The van der Waals surface area contributed by atoms with Crippen molar-refractivity contribution in [3.8, 4) is 0 Å². The van der Waals surface area contributed by atoms with Crippen LogP contribution in [0.4, 0.5) is 15.8 Å². The summed E-state index contributed by atoms with van der Waals surface area (Å²) in [7, 11) is 0. The second-order valence-corrected chi connectivity index (χ2v) is 8.51. The van der Waals surface area contributed by atoms with E-state index in [9.17, 15) is 14.0 Å². The van der Waals surface area contributed by atoms with Crippen LogP contribution in [0.1, 0.15) is 15.9 Å². The van der Waals surface area contributed by atoms with Gasteiger partial charge in [0.2, 0.25) is 5.91 Å². The van der Waals surface area contributed by atoms with Crippen molar-refractivity contribution in [3.63, 3.8) is 0 Å². The first kappa shape index (κ1) is 22.0. The van der Waals surface area contributed by atoms with Gasteiger partial charge in [-0.05, 0) is 70.0 Å². The Morgan fingerprint density at radius 2 is 1.53 bits per heavy atom. The first-order valence-electron chi connectivity index (χ1n) is 10.4. The maximum atomic E-state index is 13.0. The van der Waals surface area contributed by atoms with Gasteiger partial charge in [0.1, 0.15) is 5.82 Å². The summed E-state index contributed by atoms with van der Waals surface area (Å²) >= 11 is 3.40. The normalized spacial score (nSPS) is 13.7. The van der Waals surface area contributed by atoms with Gasteiger partial charge >= 0.3 is 0 Å². The molecule has 1 saturated heterocycles. The molecule has 1 N–H and O–H groups in total. The van der Waals surface area contributed by atoms with E-state index in [-0.39, 0.29) is 24.1 Å². The molecule has 32 heavy (non-hydrogen) atoms. The van der Waals surface area contributed by atoms with Crippen molar-refractivity contribution < 1.29 is 14.0 Å². The van der Waals surface area contributed by atoms with Crippen molar-refractivity contribution in [1.82, 2.24) is 4.90 Å². The number of hydrogen-bond acceptors (Lipinski definition) is 3. The Labute approximate surface area is 195 Å². The minimum absolute atomic E-state index is 0.0568. The van der Waals surface area contributed by atoms with Crippen molar-refractivity contribution in [2.45, 2.75) is 6.42 Å². The molecule has 3 aromatic carbocycles. The molecule has 164 valence electrons. The lowest BCUT2D eigenvalue weighted by molar-refractivity contribution is -0.130. The summed E-state index contributed by atoms with van der Waals surface area (Å²) < 4.78 is 13.8. The van der Waals surface area contributed by atoms with Gasteiger partial charge in [0.05, 0.1) is 12.0 Å². The lowest BCUT2D eigenvalue weighted by Crippen LogP contribution is -2.49. The quantitative estimate of drug-likeness (QED) is 0.556. The largest absolute Gasteiger partial charge is 0.368 e. The van der Waals surface area contributed by atoms with Crippen LogP contribution in [0.3, 0.4) is 0 Å². The molecular weight excluding hydrogens is 473 g/mol. The summed E-state index contributed by atoms with van der Waals surface area (Å²) in [5, 5.41) is 2.91. The number of anilines is 2. The van der Waals surface area contributed by atoms with Gasteiger partial charge in [-0.2, -0.15) is 0 Å². The topological polar surface area (TPSA) is 52.7 Å². The van der Waals surface area contributed by atoms with E-state index < -0.39 is 0 Å². The van der Waals surface area contributed by atoms with Gasteiger partial charge in [0.25, 0.3) is 5.91 Å². The molecule has 1 heterocycles. The molecule has 1 aliphatic rings. The zero-order valence-corrected chi connectivity index (χ0v) is 19.0. The van der Waals surface area contributed by atoms with Crippen LogP contribution in [-0.2, 0) is 11.2 Å². The Bertz CT molecular complexity index is 1090. The summed E-state index contributed by atoms with van der Waals surface area (Å²) in [6.07, 6.45) is 0.284. The van der Waals surface area contributed by atoms with Crippen LogP contribution in [0, 0.1) is 5.82 Å². The number of rotatable bonds is 5. The zero-order valence-electron chi connectivity index (χ0n) is 17.4. The molecule has 0 aromatic heterocycles. The first-order chi connectivity index (χ1) is 15.5. The second kappa shape index (κ2) is 9.96. The van der Waals surface area contributed by atoms with E-state index in [0.717, 1.165) is 34.5 Å². The molecule has 0 radical (unpaired) electrons. The molecule has 0 spiro atoms. The highest BCUT2D eigenvalue weighted by molar-refractivity contribution is 9.10. The van der Waals surface area contributed by atoms with E-state index >= 15 is 0 Å². The summed E-state index contributed by atoms with van der Waals surface area (Å²) in [5.74, 6) is -0.409. The highest BCUT2D eigenvalue weighted by atomic mass is 79.9. The summed E-state index contributed by atoms with van der Waals surface area (Å²) in [5.41, 5.74) is 3.18. The van der Waals surface area contributed by atoms with Crippen LogP contribution in [0.25, 0.3) is 0 Å². The van der Waals surface area contributed by atoms with Gasteiger partial charge in [-0.15, -0.1) is 0 Å². The minimum Gasteiger partial charge on any atom is -0.368 e. The Hall–Kier alpha value is -3.19. The van der Waals surface area contributed by atoms with Crippen LogP contribution in [-0.4, -0.2) is 42.9 Å².